The smallest absolute Gasteiger partial charge is 0.313 e. The Morgan fingerprint density at radius 1 is 1.24 bits per heavy atom. The first-order valence-corrected chi connectivity index (χ1v) is 8.17. The van der Waals surface area contributed by atoms with Crippen LogP contribution in [-0.2, 0) is 11.2 Å². The lowest BCUT2D eigenvalue weighted by Crippen LogP contribution is -2.33. The normalized spacial score (nSPS) is 15.6. The molecule has 0 fully saturated rings. The number of fused-ring (bicyclic) bond motifs is 1. The first-order valence-electron chi connectivity index (χ1n) is 7.79. The molecule has 0 bridgehead atoms. The number of benzene rings is 1. The van der Waals surface area contributed by atoms with Crippen molar-refractivity contribution in [2.24, 2.45) is 0 Å². The van der Waals surface area contributed by atoms with Gasteiger partial charge >= 0.3 is 6.01 Å². The monoisotopic (exact) mass is 355 g/mol. The molecule has 2 heterocycles. The Labute approximate surface area is 148 Å². The number of carbonyl (C=O) groups is 1. The summed E-state index contributed by atoms with van der Waals surface area (Å²) in [7, 11) is 0. The highest BCUT2D eigenvalue weighted by Crippen LogP contribution is 2.37. The number of rotatable bonds is 4. The largest absolute Gasteiger partial charge is 0.340 e. The molecule has 1 aliphatic carbocycles. The highest BCUT2D eigenvalue weighted by atomic mass is 35.5. The first kappa shape index (κ1) is 15.6. The summed E-state index contributed by atoms with van der Waals surface area (Å²) in [4.78, 5) is 20.6. The van der Waals surface area contributed by atoms with E-state index in [4.69, 9.17) is 16.1 Å². The van der Waals surface area contributed by atoms with E-state index in [2.05, 4.69) is 26.0 Å². The lowest BCUT2D eigenvalue weighted by atomic mass is 10.0. The van der Waals surface area contributed by atoms with Gasteiger partial charge in [-0.3, -0.25) is 15.2 Å². The standard InChI is InChI=1S/C17H14ClN5O2/c18-14-3-1-2-11-12(14)4-5-13(11)16(24)21-22-17-20-15(23-25-17)10-6-8-19-9-7-10/h1-3,6-9,13H,4-5H2,(H,21,24)(H,20,22,23). The molecule has 0 saturated heterocycles. The predicted molar refractivity (Wildman–Crippen MR) is 91.8 cm³/mol. The lowest BCUT2D eigenvalue weighted by Gasteiger charge is -2.12. The zero-order valence-electron chi connectivity index (χ0n) is 13.1. The van der Waals surface area contributed by atoms with E-state index in [1.807, 2.05) is 18.2 Å². The molecule has 7 nitrogen and oxygen atoms in total. The Morgan fingerprint density at radius 2 is 2.08 bits per heavy atom. The molecule has 0 saturated carbocycles. The number of anilines is 1. The molecule has 1 aliphatic rings. The summed E-state index contributed by atoms with van der Waals surface area (Å²) in [5.74, 6) is 0.00519. The van der Waals surface area contributed by atoms with Gasteiger partial charge in [-0.15, -0.1) is 0 Å². The summed E-state index contributed by atoms with van der Waals surface area (Å²) in [6.07, 6.45) is 4.80. The molecule has 1 amide bonds. The number of aromatic nitrogens is 3. The molecular weight excluding hydrogens is 342 g/mol. The Kier molecular flexibility index (Phi) is 4.07. The molecule has 0 radical (unpaired) electrons. The van der Waals surface area contributed by atoms with Gasteiger partial charge in [-0.25, -0.2) is 5.43 Å². The lowest BCUT2D eigenvalue weighted by molar-refractivity contribution is -0.122. The quantitative estimate of drug-likeness (QED) is 0.699. The van der Waals surface area contributed by atoms with Gasteiger partial charge < -0.3 is 4.52 Å². The summed E-state index contributed by atoms with van der Waals surface area (Å²) in [6.45, 7) is 0. The fraction of sp³-hybridized carbons (Fsp3) is 0.176. The zero-order valence-corrected chi connectivity index (χ0v) is 13.8. The van der Waals surface area contributed by atoms with Crippen LogP contribution in [0.5, 0.6) is 0 Å². The highest BCUT2D eigenvalue weighted by Gasteiger charge is 2.30. The minimum atomic E-state index is -0.246. The fourth-order valence-electron chi connectivity index (χ4n) is 2.98. The van der Waals surface area contributed by atoms with Crippen molar-refractivity contribution >= 4 is 23.5 Å². The first-order chi connectivity index (χ1) is 12.2. The second kappa shape index (κ2) is 6.52. The third kappa shape index (κ3) is 3.06. The van der Waals surface area contributed by atoms with Crippen LogP contribution >= 0.6 is 11.6 Å². The number of hydrogen-bond donors (Lipinski definition) is 2. The SMILES string of the molecule is O=C(NNc1nc(-c2ccncc2)no1)C1CCc2c(Cl)cccc21. The summed E-state index contributed by atoms with van der Waals surface area (Å²) < 4.78 is 5.09. The molecule has 1 unspecified atom stereocenters. The number of halogens is 1. The maximum Gasteiger partial charge on any atom is 0.340 e. The topological polar surface area (TPSA) is 92.9 Å². The number of nitrogens with zero attached hydrogens (tertiary/aromatic N) is 3. The van der Waals surface area contributed by atoms with Crippen LogP contribution in [0, 0.1) is 0 Å². The van der Waals surface area contributed by atoms with Crippen molar-refractivity contribution in [3.8, 4) is 11.4 Å². The molecule has 0 aliphatic heterocycles. The summed E-state index contributed by atoms with van der Waals surface area (Å²) >= 11 is 6.19. The summed E-state index contributed by atoms with van der Waals surface area (Å²) in [5, 5.41) is 4.57. The van der Waals surface area contributed by atoms with Crippen LogP contribution in [0.2, 0.25) is 5.02 Å². The van der Waals surface area contributed by atoms with Gasteiger partial charge in [0.25, 0.3) is 0 Å². The highest BCUT2D eigenvalue weighted by molar-refractivity contribution is 6.31. The maximum absolute atomic E-state index is 12.5. The second-order valence-corrected chi connectivity index (χ2v) is 6.08. The molecule has 1 aromatic carbocycles. The number of amides is 1. The number of hydrogen-bond acceptors (Lipinski definition) is 6. The van der Waals surface area contributed by atoms with Crippen molar-refractivity contribution in [1.82, 2.24) is 20.6 Å². The van der Waals surface area contributed by atoms with Crippen LogP contribution in [0.3, 0.4) is 0 Å². The van der Waals surface area contributed by atoms with Gasteiger partial charge in [0.2, 0.25) is 11.7 Å². The van der Waals surface area contributed by atoms with E-state index in [-0.39, 0.29) is 17.8 Å². The van der Waals surface area contributed by atoms with Crippen LogP contribution in [0.1, 0.15) is 23.5 Å². The van der Waals surface area contributed by atoms with E-state index in [1.165, 1.54) is 0 Å². The van der Waals surface area contributed by atoms with E-state index < -0.39 is 0 Å². The van der Waals surface area contributed by atoms with Gasteiger partial charge in [-0.2, -0.15) is 4.98 Å². The van der Waals surface area contributed by atoms with Crippen molar-refractivity contribution < 1.29 is 9.32 Å². The van der Waals surface area contributed by atoms with Crippen LogP contribution in [0.4, 0.5) is 6.01 Å². The van der Waals surface area contributed by atoms with Gasteiger partial charge in [0.15, 0.2) is 0 Å². The van der Waals surface area contributed by atoms with E-state index in [0.717, 1.165) is 29.5 Å². The van der Waals surface area contributed by atoms with Gasteiger partial charge in [0.05, 0.1) is 5.92 Å². The number of pyridine rings is 1. The summed E-state index contributed by atoms with van der Waals surface area (Å²) in [5.41, 5.74) is 8.08. The number of carbonyl (C=O) groups excluding carboxylic acids is 1. The van der Waals surface area contributed by atoms with E-state index >= 15 is 0 Å². The fourth-order valence-corrected chi connectivity index (χ4v) is 3.25. The van der Waals surface area contributed by atoms with Gasteiger partial charge in [0.1, 0.15) is 0 Å². The van der Waals surface area contributed by atoms with E-state index in [1.54, 1.807) is 24.5 Å². The predicted octanol–water partition coefficient (Wildman–Crippen LogP) is 2.96. The molecule has 4 rings (SSSR count). The molecule has 126 valence electrons. The third-order valence-electron chi connectivity index (χ3n) is 4.19. The van der Waals surface area contributed by atoms with E-state index in [9.17, 15) is 4.79 Å². The van der Waals surface area contributed by atoms with Crippen LogP contribution in [-0.4, -0.2) is 21.0 Å². The minimum absolute atomic E-state index is 0.115. The summed E-state index contributed by atoms with van der Waals surface area (Å²) in [6, 6.07) is 9.30. The average molecular weight is 356 g/mol. The third-order valence-corrected chi connectivity index (χ3v) is 4.54. The van der Waals surface area contributed by atoms with Crippen LogP contribution in [0.15, 0.2) is 47.2 Å². The zero-order chi connectivity index (χ0) is 17.2. The van der Waals surface area contributed by atoms with Crippen LogP contribution < -0.4 is 10.9 Å². The Balaban J connectivity index is 1.42. The van der Waals surface area contributed by atoms with E-state index in [0.29, 0.717) is 10.8 Å². The number of hydrazine groups is 1. The van der Waals surface area contributed by atoms with Crippen molar-refractivity contribution in [3.05, 3.63) is 58.9 Å². The Hall–Kier alpha value is -2.93. The van der Waals surface area contributed by atoms with Gasteiger partial charge in [-0.1, -0.05) is 28.9 Å². The molecule has 0 spiro atoms. The van der Waals surface area contributed by atoms with Crippen molar-refractivity contribution in [1.29, 1.82) is 0 Å². The van der Waals surface area contributed by atoms with Crippen molar-refractivity contribution in [2.45, 2.75) is 18.8 Å². The van der Waals surface area contributed by atoms with Gasteiger partial charge in [0, 0.05) is 23.0 Å². The molecule has 3 aromatic rings. The van der Waals surface area contributed by atoms with Gasteiger partial charge in [-0.05, 0) is 42.2 Å². The van der Waals surface area contributed by atoms with Crippen molar-refractivity contribution in [3.63, 3.8) is 0 Å². The average Bonchev–Trinajstić information content (AvgIpc) is 3.28. The molecular formula is C17H14ClN5O2. The Morgan fingerprint density at radius 3 is 2.92 bits per heavy atom. The van der Waals surface area contributed by atoms with Crippen LogP contribution in [0.25, 0.3) is 11.4 Å². The molecule has 2 N–H and O–H groups in total. The molecule has 2 aromatic heterocycles. The Bertz CT molecular complexity index is 912. The van der Waals surface area contributed by atoms with Crippen molar-refractivity contribution in [2.75, 3.05) is 5.43 Å². The molecule has 25 heavy (non-hydrogen) atoms. The number of nitrogens with one attached hydrogen (secondary N) is 2. The maximum atomic E-state index is 12.5. The molecule has 8 heteroatoms. The minimum Gasteiger partial charge on any atom is -0.313 e. The molecule has 1 atom stereocenters. The second-order valence-electron chi connectivity index (χ2n) is 5.67.